The van der Waals surface area contributed by atoms with Crippen molar-refractivity contribution in [3.8, 4) is 0 Å². The molecular formula is C24H29N5O4. The summed E-state index contributed by atoms with van der Waals surface area (Å²) in [5, 5.41) is 26.0. The van der Waals surface area contributed by atoms with E-state index >= 15 is 0 Å². The number of aromatic nitrogens is 1. The highest BCUT2D eigenvalue weighted by Gasteiger charge is 2.45. The molecule has 9 heteroatoms. The van der Waals surface area contributed by atoms with Crippen molar-refractivity contribution in [1.82, 2.24) is 20.6 Å². The smallest absolute Gasteiger partial charge is 0.255 e. The summed E-state index contributed by atoms with van der Waals surface area (Å²) in [7, 11) is 0. The summed E-state index contributed by atoms with van der Waals surface area (Å²) < 4.78 is 0. The third kappa shape index (κ3) is 4.75. The summed E-state index contributed by atoms with van der Waals surface area (Å²) in [6.45, 7) is 4.35. The number of amides is 2. The second-order valence-electron chi connectivity index (χ2n) is 8.57. The molecule has 2 aliphatic heterocycles. The van der Waals surface area contributed by atoms with Crippen LogP contribution in [0.2, 0.25) is 0 Å². The lowest BCUT2D eigenvalue weighted by Crippen LogP contribution is -2.59. The zero-order valence-electron chi connectivity index (χ0n) is 18.7. The Labute approximate surface area is 192 Å². The van der Waals surface area contributed by atoms with E-state index in [1.54, 1.807) is 19.2 Å². The molecule has 0 aliphatic carbocycles. The first-order valence-electron chi connectivity index (χ1n) is 11.0. The number of aliphatic hydroxyl groups is 2. The number of benzene rings is 1. The lowest BCUT2D eigenvalue weighted by Gasteiger charge is -2.34. The topological polar surface area (TPSA) is 118 Å². The molecule has 9 nitrogen and oxygen atoms in total. The lowest BCUT2D eigenvalue weighted by molar-refractivity contribution is -0.166. The third-order valence-corrected chi connectivity index (χ3v) is 6.15. The van der Waals surface area contributed by atoms with Gasteiger partial charge in [-0.2, -0.15) is 0 Å². The van der Waals surface area contributed by atoms with E-state index in [1.807, 2.05) is 47.6 Å². The molecule has 1 aromatic heterocycles. The molecule has 0 unspecified atom stereocenters. The van der Waals surface area contributed by atoms with Crippen LogP contribution in [0.1, 0.15) is 36.7 Å². The number of nitrogens with one attached hydrogen (secondary N) is 2. The predicted molar refractivity (Wildman–Crippen MR) is 123 cm³/mol. The van der Waals surface area contributed by atoms with Crippen LogP contribution in [-0.4, -0.2) is 56.7 Å². The van der Waals surface area contributed by atoms with Crippen LogP contribution in [0.15, 0.2) is 54.9 Å². The van der Waals surface area contributed by atoms with E-state index in [-0.39, 0.29) is 6.54 Å². The molecule has 0 radical (unpaired) electrons. The SMILES string of the molecule is C[C@@H](NC(=O)[C@](C)(O)[C@@H](O)C(=O)N1CCc2ncccc2C1)c1ccc(N2C=CCN2)cc1. The number of carbonyl (C=O) groups excluding carboxylic acids is 2. The summed E-state index contributed by atoms with van der Waals surface area (Å²) in [6, 6.07) is 10.8. The van der Waals surface area contributed by atoms with Gasteiger partial charge in [-0.05, 0) is 43.2 Å². The van der Waals surface area contributed by atoms with E-state index in [4.69, 9.17) is 0 Å². The zero-order valence-corrected chi connectivity index (χ0v) is 18.7. The molecule has 2 amide bonds. The summed E-state index contributed by atoms with van der Waals surface area (Å²) in [6.07, 6.45) is 4.31. The van der Waals surface area contributed by atoms with E-state index in [9.17, 15) is 19.8 Å². The van der Waals surface area contributed by atoms with Crippen LogP contribution in [0.3, 0.4) is 0 Å². The maximum Gasteiger partial charge on any atom is 0.255 e. The second-order valence-corrected chi connectivity index (χ2v) is 8.57. The van der Waals surface area contributed by atoms with E-state index in [0.717, 1.165) is 36.0 Å². The molecule has 3 heterocycles. The van der Waals surface area contributed by atoms with Gasteiger partial charge in [-0.25, -0.2) is 5.43 Å². The van der Waals surface area contributed by atoms with Gasteiger partial charge in [0.05, 0.1) is 11.7 Å². The Morgan fingerprint density at radius 3 is 2.70 bits per heavy atom. The minimum Gasteiger partial charge on any atom is -0.380 e. The molecule has 0 saturated carbocycles. The number of hydrogen-bond donors (Lipinski definition) is 4. The average Bonchev–Trinajstić information content (AvgIpc) is 3.38. The van der Waals surface area contributed by atoms with Crippen molar-refractivity contribution in [3.63, 3.8) is 0 Å². The van der Waals surface area contributed by atoms with Crippen LogP contribution in [0.4, 0.5) is 5.69 Å². The van der Waals surface area contributed by atoms with Gasteiger partial charge in [0, 0.05) is 44.1 Å². The molecule has 0 saturated heterocycles. The molecule has 2 aliphatic rings. The van der Waals surface area contributed by atoms with Crippen LogP contribution in [-0.2, 0) is 22.6 Å². The Bertz CT molecular complexity index is 1050. The Kier molecular flexibility index (Phi) is 6.46. The molecule has 4 N–H and O–H groups in total. The Morgan fingerprint density at radius 1 is 1.24 bits per heavy atom. The van der Waals surface area contributed by atoms with Gasteiger partial charge in [0.15, 0.2) is 11.7 Å². The summed E-state index contributed by atoms with van der Waals surface area (Å²) in [4.78, 5) is 31.4. The largest absolute Gasteiger partial charge is 0.380 e. The molecule has 0 fully saturated rings. The van der Waals surface area contributed by atoms with Gasteiger partial charge < -0.3 is 20.4 Å². The van der Waals surface area contributed by atoms with Crippen LogP contribution >= 0.6 is 0 Å². The number of hydrazine groups is 1. The van der Waals surface area contributed by atoms with Gasteiger partial charge in [-0.3, -0.25) is 19.6 Å². The number of rotatable bonds is 6. The van der Waals surface area contributed by atoms with Crippen molar-refractivity contribution in [2.24, 2.45) is 0 Å². The first-order chi connectivity index (χ1) is 15.8. The molecule has 0 bridgehead atoms. The Balaban J connectivity index is 1.38. The monoisotopic (exact) mass is 451 g/mol. The van der Waals surface area contributed by atoms with E-state index < -0.39 is 29.6 Å². The van der Waals surface area contributed by atoms with Crippen molar-refractivity contribution >= 4 is 17.5 Å². The van der Waals surface area contributed by atoms with Crippen LogP contribution in [0, 0.1) is 0 Å². The zero-order chi connectivity index (χ0) is 23.6. The maximum absolute atomic E-state index is 12.9. The van der Waals surface area contributed by atoms with Gasteiger partial charge >= 0.3 is 0 Å². The quantitative estimate of drug-likeness (QED) is 0.513. The van der Waals surface area contributed by atoms with Gasteiger partial charge in [0.25, 0.3) is 11.8 Å². The Morgan fingerprint density at radius 2 is 2.00 bits per heavy atom. The molecule has 0 spiro atoms. The fraction of sp³-hybridized carbons (Fsp3) is 0.375. The first kappa shape index (κ1) is 22.9. The van der Waals surface area contributed by atoms with Crippen molar-refractivity contribution in [3.05, 3.63) is 71.7 Å². The number of fused-ring (bicyclic) bond motifs is 1. The van der Waals surface area contributed by atoms with Gasteiger partial charge in [-0.15, -0.1) is 0 Å². The highest BCUT2D eigenvalue weighted by atomic mass is 16.4. The fourth-order valence-corrected chi connectivity index (χ4v) is 3.98. The van der Waals surface area contributed by atoms with Gasteiger partial charge in [0.2, 0.25) is 0 Å². The van der Waals surface area contributed by atoms with Crippen LogP contribution < -0.4 is 15.8 Å². The molecule has 33 heavy (non-hydrogen) atoms. The van der Waals surface area contributed by atoms with Gasteiger partial charge in [-0.1, -0.05) is 24.3 Å². The fourth-order valence-electron chi connectivity index (χ4n) is 3.98. The highest BCUT2D eigenvalue weighted by Crippen LogP contribution is 2.23. The number of anilines is 1. The van der Waals surface area contributed by atoms with Gasteiger partial charge in [0.1, 0.15) is 0 Å². The van der Waals surface area contributed by atoms with E-state index in [0.29, 0.717) is 13.0 Å². The van der Waals surface area contributed by atoms with Crippen molar-refractivity contribution in [1.29, 1.82) is 0 Å². The normalized spacial score (nSPS) is 18.9. The molecule has 2 aromatic rings. The summed E-state index contributed by atoms with van der Waals surface area (Å²) in [5.41, 5.74) is 4.48. The second kappa shape index (κ2) is 9.30. The molecule has 174 valence electrons. The predicted octanol–water partition coefficient (Wildman–Crippen LogP) is 0.794. The number of pyridine rings is 1. The van der Waals surface area contributed by atoms with Crippen molar-refractivity contribution < 1.29 is 19.8 Å². The highest BCUT2D eigenvalue weighted by molar-refractivity contribution is 5.94. The van der Waals surface area contributed by atoms with Crippen LogP contribution in [0.25, 0.3) is 0 Å². The molecular weight excluding hydrogens is 422 g/mol. The molecule has 1 aromatic carbocycles. The standard InChI is InChI=1S/C24H29N5O4/c1-16(17-6-8-19(9-7-17)29-13-4-12-26-29)27-23(32)24(2,33)21(30)22(31)28-14-10-20-18(15-28)5-3-11-25-20/h3-9,11,13,16,21,26,30,33H,10,12,14-15H2,1-2H3,(H,27,32)/t16-,21+,24-/m1/s1. The maximum atomic E-state index is 12.9. The van der Waals surface area contributed by atoms with E-state index in [1.165, 1.54) is 4.90 Å². The number of aliphatic hydroxyl groups excluding tert-OH is 1. The third-order valence-electron chi connectivity index (χ3n) is 6.15. The van der Waals surface area contributed by atoms with Crippen molar-refractivity contribution in [2.45, 2.75) is 44.6 Å². The molecule has 4 rings (SSSR count). The number of hydrogen-bond acceptors (Lipinski definition) is 7. The first-order valence-corrected chi connectivity index (χ1v) is 11.0. The summed E-state index contributed by atoms with van der Waals surface area (Å²) in [5.74, 6) is -1.50. The average molecular weight is 452 g/mol. The Hall–Kier alpha value is -3.27. The number of nitrogens with zero attached hydrogens (tertiary/aromatic N) is 3. The van der Waals surface area contributed by atoms with E-state index in [2.05, 4.69) is 15.7 Å². The number of carbonyl (C=O) groups is 2. The van der Waals surface area contributed by atoms with Crippen molar-refractivity contribution in [2.75, 3.05) is 18.1 Å². The molecule has 3 atom stereocenters. The minimum absolute atomic E-state index is 0.278. The minimum atomic E-state index is -2.29. The van der Waals surface area contributed by atoms with Crippen LogP contribution in [0.5, 0.6) is 0 Å². The lowest BCUT2D eigenvalue weighted by atomic mass is 9.94. The summed E-state index contributed by atoms with van der Waals surface area (Å²) >= 11 is 0.